The number of halogens is 1. The van der Waals surface area contributed by atoms with E-state index in [0.29, 0.717) is 0 Å². The average molecular weight is 296 g/mol. The van der Waals surface area contributed by atoms with Crippen molar-refractivity contribution in [1.82, 2.24) is 0 Å². The number of hydrogen-bond acceptors (Lipinski definition) is 2. The highest BCUT2D eigenvalue weighted by Gasteiger charge is 1.97. The van der Waals surface area contributed by atoms with Crippen LogP contribution < -0.4 is 5.32 Å². The summed E-state index contributed by atoms with van der Waals surface area (Å²) in [5.74, 6) is 0. The van der Waals surface area contributed by atoms with E-state index in [9.17, 15) is 0 Å². The van der Waals surface area contributed by atoms with Crippen LogP contribution in [-0.2, 0) is 6.42 Å². The molecule has 0 unspecified atom stereocenters. The van der Waals surface area contributed by atoms with Crippen molar-refractivity contribution >= 4 is 33.0 Å². The molecule has 84 valence electrons. The monoisotopic (exact) mass is 295 g/mol. The van der Waals surface area contributed by atoms with Crippen molar-refractivity contribution < 1.29 is 0 Å². The van der Waals surface area contributed by atoms with Gasteiger partial charge in [0.15, 0.2) is 0 Å². The van der Waals surface area contributed by atoms with Crippen molar-refractivity contribution in [3.05, 3.63) is 50.6 Å². The van der Waals surface area contributed by atoms with Crippen LogP contribution >= 0.6 is 27.3 Å². The van der Waals surface area contributed by atoms with E-state index in [1.165, 1.54) is 16.1 Å². The van der Waals surface area contributed by atoms with Gasteiger partial charge in [-0.2, -0.15) is 0 Å². The molecule has 0 saturated heterocycles. The normalized spacial score (nSPS) is 10.4. The van der Waals surface area contributed by atoms with Crippen molar-refractivity contribution in [2.24, 2.45) is 0 Å². The first-order valence-electron chi connectivity index (χ1n) is 5.27. The third kappa shape index (κ3) is 3.35. The summed E-state index contributed by atoms with van der Waals surface area (Å²) in [4.78, 5) is 1.43. The molecule has 1 heterocycles. The molecule has 1 aromatic heterocycles. The Balaban J connectivity index is 1.89. The molecule has 0 aliphatic carbocycles. The van der Waals surface area contributed by atoms with Gasteiger partial charge in [-0.25, -0.2) is 0 Å². The molecule has 0 radical (unpaired) electrons. The van der Waals surface area contributed by atoms with Crippen molar-refractivity contribution in [3.8, 4) is 0 Å². The SMILES string of the molecule is Cc1cc(Br)cc(NCCc2cccs2)c1. The number of benzene rings is 1. The number of thiophene rings is 1. The Morgan fingerprint density at radius 2 is 2.19 bits per heavy atom. The molecule has 0 atom stereocenters. The van der Waals surface area contributed by atoms with E-state index in [4.69, 9.17) is 0 Å². The lowest BCUT2D eigenvalue weighted by Gasteiger charge is -2.07. The van der Waals surface area contributed by atoms with Gasteiger partial charge in [-0.3, -0.25) is 0 Å². The van der Waals surface area contributed by atoms with Crippen LogP contribution in [0.1, 0.15) is 10.4 Å². The molecule has 3 heteroatoms. The zero-order valence-electron chi connectivity index (χ0n) is 9.16. The first-order valence-corrected chi connectivity index (χ1v) is 6.95. The summed E-state index contributed by atoms with van der Waals surface area (Å²) in [5.41, 5.74) is 2.46. The summed E-state index contributed by atoms with van der Waals surface area (Å²) < 4.78 is 1.13. The van der Waals surface area contributed by atoms with Crippen LogP contribution in [0.2, 0.25) is 0 Å². The molecule has 0 aliphatic heterocycles. The quantitative estimate of drug-likeness (QED) is 0.877. The van der Waals surface area contributed by atoms with Gasteiger partial charge in [0.05, 0.1) is 0 Å². The van der Waals surface area contributed by atoms with Gasteiger partial charge in [0.2, 0.25) is 0 Å². The lowest BCUT2D eigenvalue weighted by atomic mass is 10.2. The Kier molecular flexibility index (Phi) is 4.02. The average Bonchev–Trinajstić information content (AvgIpc) is 2.69. The van der Waals surface area contributed by atoms with Crippen LogP contribution in [-0.4, -0.2) is 6.54 Å². The van der Waals surface area contributed by atoms with E-state index in [1.54, 1.807) is 0 Å². The number of hydrogen-bond donors (Lipinski definition) is 1. The summed E-state index contributed by atoms with van der Waals surface area (Å²) in [7, 11) is 0. The van der Waals surface area contributed by atoms with Crippen LogP contribution in [0.15, 0.2) is 40.2 Å². The van der Waals surface area contributed by atoms with Gasteiger partial charge in [0.25, 0.3) is 0 Å². The smallest absolute Gasteiger partial charge is 0.0354 e. The number of anilines is 1. The molecule has 1 nitrogen and oxygen atoms in total. The molecule has 2 rings (SSSR count). The highest BCUT2D eigenvalue weighted by molar-refractivity contribution is 9.10. The number of aryl methyl sites for hydroxylation is 1. The molecule has 2 aromatic rings. The highest BCUT2D eigenvalue weighted by atomic mass is 79.9. The summed E-state index contributed by atoms with van der Waals surface area (Å²) in [6.45, 7) is 3.09. The number of rotatable bonds is 4. The minimum atomic E-state index is 0.983. The zero-order valence-corrected chi connectivity index (χ0v) is 11.6. The van der Waals surface area contributed by atoms with E-state index < -0.39 is 0 Å². The highest BCUT2D eigenvalue weighted by Crippen LogP contribution is 2.19. The van der Waals surface area contributed by atoms with Gasteiger partial charge >= 0.3 is 0 Å². The molecule has 16 heavy (non-hydrogen) atoms. The topological polar surface area (TPSA) is 12.0 Å². The minimum Gasteiger partial charge on any atom is -0.385 e. The zero-order chi connectivity index (χ0) is 11.4. The number of nitrogens with one attached hydrogen (secondary N) is 1. The summed E-state index contributed by atoms with van der Waals surface area (Å²) in [6.07, 6.45) is 1.09. The maximum absolute atomic E-state index is 3.51. The van der Waals surface area contributed by atoms with Gasteiger partial charge in [-0.05, 0) is 48.6 Å². The second-order valence-electron chi connectivity index (χ2n) is 3.77. The molecule has 1 N–H and O–H groups in total. The Morgan fingerprint density at radius 3 is 2.88 bits per heavy atom. The molecule has 1 aromatic carbocycles. The van der Waals surface area contributed by atoms with Crippen LogP contribution in [0.4, 0.5) is 5.69 Å². The van der Waals surface area contributed by atoms with Crippen LogP contribution in [0.3, 0.4) is 0 Å². The molecule has 0 saturated carbocycles. The van der Waals surface area contributed by atoms with Crippen LogP contribution in [0.5, 0.6) is 0 Å². The lowest BCUT2D eigenvalue weighted by Crippen LogP contribution is -2.03. The summed E-state index contributed by atoms with van der Waals surface area (Å²) >= 11 is 5.32. The Hall–Kier alpha value is -0.800. The maximum Gasteiger partial charge on any atom is 0.0354 e. The fourth-order valence-corrected chi connectivity index (χ4v) is 2.94. The predicted octanol–water partition coefficient (Wildman–Crippen LogP) is 4.47. The first kappa shape index (κ1) is 11.7. The maximum atomic E-state index is 3.51. The molecule has 0 spiro atoms. The fourth-order valence-electron chi connectivity index (χ4n) is 1.62. The van der Waals surface area contributed by atoms with Crippen molar-refractivity contribution in [1.29, 1.82) is 0 Å². The van der Waals surface area contributed by atoms with E-state index in [-0.39, 0.29) is 0 Å². The standard InChI is InChI=1S/C13H14BrNS/c1-10-7-11(14)9-12(8-10)15-5-4-13-3-2-6-16-13/h2-3,6-9,15H,4-5H2,1H3. The van der Waals surface area contributed by atoms with Gasteiger partial charge in [-0.15, -0.1) is 11.3 Å². The van der Waals surface area contributed by atoms with E-state index in [1.807, 2.05) is 11.3 Å². The Bertz CT molecular complexity index is 431. The van der Waals surface area contributed by atoms with Gasteiger partial charge in [0.1, 0.15) is 0 Å². The third-order valence-electron chi connectivity index (χ3n) is 2.32. The first-order chi connectivity index (χ1) is 7.74. The lowest BCUT2D eigenvalue weighted by molar-refractivity contribution is 1.04. The fraction of sp³-hybridized carbons (Fsp3) is 0.231. The Morgan fingerprint density at radius 1 is 1.31 bits per heavy atom. The third-order valence-corrected chi connectivity index (χ3v) is 3.72. The molecule has 0 fully saturated rings. The molecule has 0 bridgehead atoms. The van der Waals surface area contributed by atoms with E-state index in [0.717, 1.165) is 17.4 Å². The largest absolute Gasteiger partial charge is 0.385 e. The molecule has 0 amide bonds. The summed E-state index contributed by atoms with van der Waals surface area (Å²) in [5, 5.41) is 5.56. The van der Waals surface area contributed by atoms with Crippen molar-refractivity contribution in [2.45, 2.75) is 13.3 Å². The minimum absolute atomic E-state index is 0.983. The second-order valence-corrected chi connectivity index (χ2v) is 5.72. The van der Waals surface area contributed by atoms with Crippen LogP contribution in [0.25, 0.3) is 0 Å². The second kappa shape index (κ2) is 5.51. The van der Waals surface area contributed by atoms with Crippen molar-refractivity contribution in [2.75, 3.05) is 11.9 Å². The van der Waals surface area contributed by atoms with Gasteiger partial charge < -0.3 is 5.32 Å². The molecular weight excluding hydrogens is 282 g/mol. The Labute approximate surface area is 109 Å². The van der Waals surface area contributed by atoms with Gasteiger partial charge in [-0.1, -0.05) is 22.0 Å². The van der Waals surface area contributed by atoms with Crippen molar-refractivity contribution in [3.63, 3.8) is 0 Å². The van der Waals surface area contributed by atoms with E-state index >= 15 is 0 Å². The molecule has 0 aliphatic rings. The summed E-state index contributed by atoms with van der Waals surface area (Å²) in [6, 6.07) is 10.7. The van der Waals surface area contributed by atoms with Gasteiger partial charge in [0, 0.05) is 21.6 Å². The van der Waals surface area contributed by atoms with E-state index in [2.05, 4.69) is 63.9 Å². The molecular formula is C13H14BrNS. The predicted molar refractivity (Wildman–Crippen MR) is 75.4 cm³/mol. The van der Waals surface area contributed by atoms with Crippen LogP contribution in [0, 0.1) is 6.92 Å².